The number of carbonyl (C=O) groups excluding carboxylic acids is 2. The molecule has 0 spiro atoms. The molecule has 1 heterocycles. The summed E-state index contributed by atoms with van der Waals surface area (Å²) < 4.78 is 2.15. The number of rotatable bonds is 25. The zero-order chi connectivity index (χ0) is 29.2. The topological polar surface area (TPSA) is 62.1 Å². The van der Waals surface area contributed by atoms with Gasteiger partial charge in [0.15, 0.2) is 12.4 Å². The van der Waals surface area contributed by atoms with Gasteiger partial charge >= 0.3 is 0 Å². The number of hydrogen-bond donors (Lipinski definition) is 2. The monoisotopic (exact) mass is 564 g/mol. The summed E-state index contributed by atoms with van der Waals surface area (Å²) in [6.45, 7) is 4.02. The summed E-state index contributed by atoms with van der Waals surface area (Å²) >= 11 is 0. The SMILES string of the molecule is CCCCCCCCCCCCCCCCN[C@@H](Cc1ccccc1)C(=O)NC(=O)CCCCC[n+]1ccccc1. The van der Waals surface area contributed by atoms with E-state index in [1.807, 2.05) is 48.5 Å². The first-order valence-electron chi connectivity index (χ1n) is 16.7. The molecule has 0 bridgehead atoms. The summed E-state index contributed by atoms with van der Waals surface area (Å²) in [5.41, 5.74) is 1.10. The van der Waals surface area contributed by atoms with Crippen molar-refractivity contribution in [1.82, 2.24) is 10.6 Å². The van der Waals surface area contributed by atoms with Crippen molar-refractivity contribution in [1.29, 1.82) is 0 Å². The van der Waals surface area contributed by atoms with Gasteiger partial charge in [-0.05, 0) is 37.8 Å². The maximum Gasteiger partial charge on any atom is 0.244 e. The van der Waals surface area contributed by atoms with Crippen molar-refractivity contribution in [3.63, 3.8) is 0 Å². The van der Waals surface area contributed by atoms with E-state index < -0.39 is 6.04 Å². The molecule has 2 rings (SSSR count). The average molecular weight is 565 g/mol. The van der Waals surface area contributed by atoms with Crippen molar-refractivity contribution in [2.45, 2.75) is 142 Å². The molecule has 0 unspecified atom stereocenters. The number of imide groups is 1. The highest BCUT2D eigenvalue weighted by Crippen LogP contribution is 2.13. The molecule has 5 heteroatoms. The number of carbonyl (C=O) groups is 2. The number of nitrogens with one attached hydrogen (secondary N) is 2. The fraction of sp³-hybridized carbons (Fsp3) is 0.639. The van der Waals surface area contributed by atoms with E-state index >= 15 is 0 Å². The third kappa shape index (κ3) is 18.5. The number of unbranched alkanes of at least 4 members (excludes halogenated alkanes) is 15. The number of pyridine rings is 1. The average Bonchev–Trinajstić information content (AvgIpc) is 2.99. The molecule has 1 aromatic heterocycles. The highest BCUT2D eigenvalue weighted by atomic mass is 16.2. The molecule has 1 atom stereocenters. The van der Waals surface area contributed by atoms with Crippen LogP contribution in [0.15, 0.2) is 60.9 Å². The minimum atomic E-state index is -0.391. The van der Waals surface area contributed by atoms with Crippen LogP contribution in [0, 0.1) is 0 Å². The van der Waals surface area contributed by atoms with Crippen LogP contribution in [0.3, 0.4) is 0 Å². The molecule has 2 aromatic rings. The number of hydrogen-bond acceptors (Lipinski definition) is 3. The molecule has 0 fully saturated rings. The number of benzene rings is 1. The molecule has 0 aliphatic carbocycles. The molecular weight excluding hydrogens is 506 g/mol. The summed E-state index contributed by atoms with van der Waals surface area (Å²) in [6.07, 6.45) is 26.6. The smallest absolute Gasteiger partial charge is 0.244 e. The van der Waals surface area contributed by atoms with Gasteiger partial charge in [-0.1, -0.05) is 127 Å². The van der Waals surface area contributed by atoms with Crippen LogP contribution in [0.1, 0.15) is 128 Å². The van der Waals surface area contributed by atoms with Gasteiger partial charge in [-0.2, -0.15) is 0 Å². The van der Waals surface area contributed by atoms with Crippen molar-refractivity contribution < 1.29 is 14.2 Å². The summed E-state index contributed by atoms with van der Waals surface area (Å²) in [5, 5.41) is 6.11. The van der Waals surface area contributed by atoms with Crippen LogP contribution in [0.5, 0.6) is 0 Å². The van der Waals surface area contributed by atoms with Crippen molar-refractivity contribution in [3.05, 3.63) is 66.5 Å². The Balaban J connectivity index is 1.57. The van der Waals surface area contributed by atoms with Crippen LogP contribution in [0.4, 0.5) is 0 Å². The number of aromatic nitrogens is 1. The largest absolute Gasteiger partial charge is 0.306 e. The van der Waals surface area contributed by atoms with E-state index in [9.17, 15) is 9.59 Å². The van der Waals surface area contributed by atoms with Gasteiger partial charge in [0, 0.05) is 25.0 Å². The van der Waals surface area contributed by atoms with Gasteiger partial charge in [-0.15, -0.1) is 0 Å². The van der Waals surface area contributed by atoms with Gasteiger partial charge in [0.05, 0.1) is 6.04 Å². The lowest BCUT2D eigenvalue weighted by atomic mass is 10.0. The molecule has 0 saturated heterocycles. The quantitative estimate of drug-likeness (QED) is 0.0953. The normalized spacial score (nSPS) is 11.8. The van der Waals surface area contributed by atoms with Crippen LogP contribution < -0.4 is 15.2 Å². The Morgan fingerprint density at radius 3 is 1.80 bits per heavy atom. The van der Waals surface area contributed by atoms with Crippen molar-refractivity contribution in [2.75, 3.05) is 6.54 Å². The molecule has 5 nitrogen and oxygen atoms in total. The second kappa shape index (κ2) is 24.1. The van der Waals surface area contributed by atoms with Crippen LogP contribution in [0.2, 0.25) is 0 Å². The highest BCUT2D eigenvalue weighted by molar-refractivity contribution is 5.97. The number of amides is 2. The van der Waals surface area contributed by atoms with Gasteiger partial charge in [-0.25, -0.2) is 4.57 Å². The lowest BCUT2D eigenvalue weighted by Gasteiger charge is -2.18. The Morgan fingerprint density at radius 1 is 0.659 bits per heavy atom. The summed E-state index contributed by atoms with van der Waals surface area (Å²) in [6, 6.07) is 15.7. The van der Waals surface area contributed by atoms with Gasteiger partial charge in [0.25, 0.3) is 0 Å². The van der Waals surface area contributed by atoms with E-state index in [0.29, 0.717) is 12.8 Å². The van der Waals surface area contributed by atoms with Crippen LogP contribution in [-0.2, 0) is 22.6 Å². The van der Waals surface area contributed by atoms with Gasteiger partial charge in [0.2, 0.25) is 11.8 Å². The van der Waals surface area contributed by atoms with E-state index in [4.69, 9.17) is 0 Å². The Morgan fingerprint density at radius 2 is 1.20 bits per heavy atom. The third-order valence-corrected chi connectivity index (χ3v) is 7.88. The summed E-state index contributed by atoms with van der Waals surface area (Å²) in [7, 11) is 0. The minimum Gasteiger partial charge on any atom is -0.306 e. The maximum atomic E-state index is 13.0. The maximum absolute atomic E-state index is 13.0. The van der Waals surface area contributed by atoms with E-state index in [-0.39, 0.29) is 11.8 Å². The van der Waals surface area contributed by atoms with Crippen molar-refractivity contribution >= 4 is 11.8 Å². The zero-order valence-electron chi connectivity index (χ0n) is 26.0. The predicted molar refractivity (Wildman–Crippen MR) is 171 cm³/mol. The van der Waals surface area contributed by atoms with Gasteiger partial charge < -0.3 is 5.32 Å². The molecular formula is C36H58N3O2+. The van der Waals surface area contributed by atoms with Gasteiger partial charge in [0.1, 0.15) is 6.54 Å². The minimum absolute atomic E-state index is 0.168. The molecule has 41 heavy (non-hydrogen) atoms. The zero-order valence-corrected chi connectivity index (χ0v) is 26.0. The first-order chi connectivity index (χ1) is 20.2. The lowest BCUT2D eigenvalue weighted by Crippen LogP contribution is -2.47. The first kappa shape index (κ1) is 34.7. The van der Waals surface area contributed by atoms with Crippen LogP contribution >= 0.6 is 0 Å². The van der Waals surface area contributed by atoms with Crippen LogP contribution in [-0.4, -0.2) is 24.4 Å². The van der Waals surface area contributed by atoms with E-state index in [1.54, 1.807) is 0 Å². The fourth-order valence-electron chi connectivity index (χ4n) is 5.33. The second-order valence-corrected chi connectivity index (χ2v) is 11.6. The van der Waals surface area contributed by atoms with Crippen molar-refractivity contribution in [2.24, 2.45) is 0 Å². The Labute approximate surface area is 250 Å². The fourth-order valence-corrected chi connectivity index (χ4v) is 5.33. The Kier molecular flexibility index (Phi) is 20.4. The number of aryl methyl sites for hydroxylation is 1. The summed E-state index contributed by atoms with van der Waals surface area (Å²) in [4.78, 5) is 25.5. The van der Waals surface area contributed by atoms with Gasteiger partial charge in [-0.3, -0.25) is 14.9 Å². The predicted octanol–water partition coefficient (Wildman–Crippen LogP) is 7.86. The number of nitrogens with zero attached hydrogens (tertiary/aromatic N) is 1. The molecule has 228 valence electrons. The van der Waals surface area contributed by atoms with E-state index in [2.05, 4.69) is 34.5 Å². The molecule has 0 saturated carbocycles. The highest BCUT2D eigenvalue weighted by Gasteiger charge is 2.20. The molecule has 0 radical (unpaired) electrons. The second-order valence-electron chi connectivity index (χ2n) is 11.6. The molecule has 2 amide bonds. The molecule has 0 aliphatic heterocycles. The first-order valence-corrected chi connectivity index (χ1v) is 16.7. The third-order valence-electron chi connectivity index (χ3n) is 7.88. The molecule has 0 aliphatic rings. The van der Waals surface area contributed by atoms with E-state index in [0.717, 1.165) is 44.3 Å². The van der Waals surface area contributed by atoms with E-state index in [1.165, 1.54) is 83.5 Å². The Bertz CT molecular complexity index is 904. The molecule has 1 aromatic carbocycles. The standard InChI is InChI=1S/C36H57N3O2/c1-2-3-4-5-6-7-8-9-10-11-12-13-14-21-28-37-34(32-33-25-18-15-19-26-33)36(41)38-35(40)27-20-16-22-29-39-30-23-17-24-31-39/h15,17-19,23-26,30-31,34,37H,2-14,16,20-22,27-29,32H2,1H3/p+1/t34-/m0/s1. The van der Waals surface area contributed by atoms with Crippen LogP contribution in [0.25, 0.3) is 0 Å². The lowest BCUT2D eigenvalue weighted by molar-refractivity contribution is -0.697. The van der Waals surface area contributed by atoms with Crippen molar-refractivity contribution in [3.8, 4) is 0 Å². The Hall–Kier alpha value is -2.53. The molecule has 2 N–H and O–H groups in total. The summed E-state index contributed by atoms with van der Waals surface area (Å²) in [5.74, 6) is -0.372.